The Morgan fingerprint density at radius 2 is 1.87 bits per heavy atom. The van der Waals surface area contributed by atoms with Crippen LogP contribution in [-0.4, -0.2) is 17.4 Å². The van der Waals surface area contributed by atoms with Gasteiger partial charge in [0.05, 0.1) is 17.4 Å². The Morgan fingerprint density at radius 1 is 1.13 bits per heavy atom. The molecule has 0 aliphatic rings. The first-order valence-electron chi connectivity index (χ1n) is 7.03. The van der Waals surface area contributed by atoms with Gasteiger partial charge in [-0.1, -0.05) is 13.8 Å². The predicted molar refractivity (Wildman–Crippen MR) is 81.8 cm³/mol. The van der Waals surface area contributed by atoms with Crippen molar-refractivity contribution in [2.45, 2.75) is 13.8 Å². The van der Waals surface area contributed by atoms with E-state index in [1.54, 1.807) is 6.07 Å². The van der Waals surface area contributed by atoms with E-state index in [1.807, 2.05) is 0 Å². The summed E-state index contributed by atoms with van der Waals surface area (Å²) in [6.45, 7) is 4.89. The molecule has 2 aromatic rings. The SMILES string of the molecule is CC(C)CNc1ccc(NC(=O)c2ccc(F)c(F)c2F)nc1. The zero-order chi connectivity index (χ0) is 17.0. The summed E-state index contributed by atoms with van der Waals surface area (Å²) in [5.74, 6) is -4.83. The van der Waals surface area contributed by atoms with E-state index in [0.717, 1.165) is 18.3 Å². The molecule has 0 saturated heterocycles. The van der Waals surface area contributed by atoms with Gasteiger partial charge in [-0.15, -0.1) is 0 Å². The Hall–Kier alpha value is -2.57. The van der Waals surface area contributed by atoms with E-state index >= 15 is 0 Å². The molecule has 122 valence electrons. The molecule has 0 saturated carbocycles. The minimum absolute atomic E-state index is 0.175. The van der Waals surface area contributed by atoms with Crippen LogP contribution >= 0.6 is 0 Å². The number of benzene rings is 1. The lowest BCUT2D eigenvalue weighted by molar-refractivity contribution is 0.102. The van der Waals surface area contributed by atoms with Crippen molar-refractivity contribution in [2.24, 2.45) is 5.92 Å². The number of nitrogens with one attached hydrogen (secondary N) is 2. The lowest BCUT2D eigenvalue weighted by atomic mass is 10.2. The number of hydrogen-bond acceptors (Lipinski definition) is 3. The normalized spacial score (nSPS) is 10.7. The van der Waals surface area contributed by atoms with Gasteiger partial charge in [0.1, 0.15) is 5.82 Å². The second-order valence-electron chi connectivity index (χ2n) is 5.38. The maximum absolute atomic E-state index is 13.5. The molecular weight excluding hydrogens is 307 g/mol. The Kier molecular flexibility index (Phi) is 5.20. The molecule has 2 N–H and O–H groups in total. The highest BCUT2D eigenvalue weighted by Gasteiger charge is 2.19. The van der Waals surface area contributed by atoms with Gasteiger partial charge in [0.25, 0.3) is 5.91 Å². The van der Waals surface area contributed by atoms with Crippen molar-refractivity contribution in [3.63, 3.8) is 0 Å². The van der Waals surface area contributed by atoms with Crippen LogP contribution in [0.5, 0.6) is 0 Å². The topological polar surface area (TPSA) is 54.0 Å². The largest absolute Gasteiger partial charge is 0.384 e. The van der Waals surface area contributed by atoms with Gasteiger partial charge in [0.2, 0.25) is 0 Å². The van der Waals surface area contributed by atoms with Crippen LogP contribution in [-0.2, 0) is 0 Å². The smallest absolute Gasteiger partial charge is 0.259 e. The van der Waals surface area contributed by atoms with Crippen molar-refractivity contribution >= 4 is 17.4 Å². The zero-order valence-electron chi connectivity index (χ0n) is 12.7. The molecule has 2 rings (SSSR count). The molecular formula is C16H16F3N3O. The average Bonchev–Trinajstić information content (AvgIpc) is 2.52. The van der Waals surface area contributed by atoms with Gasteiger partial charge >= 0.3 is 0 Å². The van der Waals surface area contributed by atoms with Crippen LogP contribution < -0.4 is 10.6 Å². The minimum atomic E-state index is -1.68. The summed E-state index contributed by atoms with van der Waals surface area (Å²) in [7, 11) is 0. The number of carbonyl (C=O) groups is 1. The summed E-state index contributed by atoms with van der Waals surface area (Å²) in [5.41, 5.74) is 0.184. The van der Waals surface area contributed by atoms with Crippen molar-refractivity contribution in [3.8, 4) is 0 Å². The summed E-state index contributed by atoms with van der Waals surface area (Å²) in [6, 6.07) is 4.80. The lowest BCUT2D eigenvalue weighted by Crippen LogP contribution is -2.16. The number of amides is 1. The number of pyridine rings is 1. The van der Waals surface area contributed by atoms with Crippen LogP contribution in [0.1, 0.15) is 24.2 Å². The molecule has 0 unspecified atom stereocenters. The van der Waals surface area contributed by atoms with Crippen LogP contribution in [0, 0.1) is 23.4 Å². The van der Waals surface area contributed by atoms with Crippen molar-refractivity contribution in [3.05, 3.63) is 53.5 Å². The molecule has 0 radical (unpaired) electrons. The Morgan fingerprint density at radius 3 is 2.48 bits per heavy atom. The summed E-state index contributed by atoms with van der Waals surface area (Å²) in [4.78, 5) is 15.9. The highest BCUT2D eigenvalue weighted by atomic mass is 19.2. The Labute approximate surface area is 131 Å². The second-order valence-corrected chi connectivity index (χ2v) is 5.38. The Balaban J connectivity index is 2.07. The van der Waals surface area contributed by atoms with E-state index < -0.39 is 28.9 Å². The standard InChI is InChI=1S/C16H16F3N3O/c1-9(2)7-20-10-3-6-13(21-8-10)22-16(23)11-4-5-12(17)15(19)14(11)18/h3-6,8-9,20H,7H2,1-2H3,(H,21,22,23). The van der Waals surface area contributed by atoms with Gasteiger partial charge in [0.15, 0.2) is 17.5 Å². The molecule has 7 heteroatoms. The zero-order valence-corrected chi connectivity index (χ0v) is 12.7. The third kappa shape index (κ3) is 4.21. The van der Waals surface area contributed by atoms with Crippen molar-refractivity contribution < 1.29 is 18.0 Å². The Bertz CT molecular complexity index is 702. The average molecular weight is 323 g/mol. The summed E-state index contributed by atoms with van der Waals surface area (Å²) < 4.78 is 39.5. The number of aromatic nitrogens is 1. The van der Waals surface area contributed by atoms with Crippen LogP contribution in [0.4, 0.5) is 24.7 Å². The van der Waals surface area contributed by atoms with Crippen molar-refractivity contribution in [2.75, 3.05) is 17.2 Å². The number of nitrogens with zero attached hydrogens (tertiary/aromatic N) is 1. The van der Waals surface area contributed by atoms with E-state index in [4.69, 9.17) is 0 Å². The van der Waals surface area contributed by atoms with Crippen LogP contribution in [0.3, 0.4) is 0 Å². The first-order chi connectivity index (χ1) is 10.9. The van der Waals surface area contributed by atoms with Crippen LogP contribution in [0.2, 0.25) is 0 Å². The molecule has 0 aliphatic carbocycles. The fourth-order valence-corrected chi connectivity index (χ4v) is 1.78. The number of anilines is 2. The summed E-state index contributed by atoms with van der Waals surface area (Å²) in [6.07, 6.45) is 1.51. The maximum atomic E-state index is 13.5. The van der Waals surface area contributed by atoms with Gasteiger partial charge in [-0.25, -0.2) is 18.2 Å². The van der Waals surface area contributed by atoms with E-state index in [0.29, 0.717) is 12.0 Å². The molecule has 4 nitrogen and oxygen atoms in total. The molecule has 1 aromatic heterocycles. The van der Waals surface area contributed by atoms with E-state index in [9.17, 15) is 18.0 Å². The second kappa shape index (κ2) is 7.13. The van der Waals surface area contributed by atoms with Crippen LogP contribution in [0.25, 0.3) is 0 Å². The highest BCUT2D eigenvalue weighted by Crippen LogP contribution is 2.17. The quantitative estimate of drug-likeness (QED) is 0.823. The fraction of sp³-hybridized carbons (Fsp3) is 0.250. The number of hydrogen-bond donors (Lipinski definition) is 2. The fourth-order valence-electron chi connectivity index (χ4n) is 1.78. The molecule has 1 heterocycles. The first-order valence-corrected chi connectivity index (χ1v) is 7.03. The third-order valence-electron chi connectivity index (χ3n) is 3.00. The number of halogens is 3. The summed E-state index contributed by atoms with van der Waals surface area (Å²) in [5, 5.41) is 5.48. The first kappa shape index (κ1) is 16.8. The van der Waals surface area contributed by atoms with Crippen molar-refractivity contribution in [1.82, 2.24) is 4.98 Å². The van der Waals surface area contributed by atoms with Gasteiger partial charge in [-0.05, 0) is 30.2 Å². The highest BCUT2D eigenvalue weighted by molar-refractivity contribution is 6.04. The van der Waals surface area contributed by atoms with E-state index in [2.05, 4.69) is 29.5 Å². The van der Waals surface area contributed by atoms with Gasteiger partial charge in [-0.2, -0.15) is 0 Å². The predicted octanol–water partition coefficient (Wildman–Crippen LogP) is 3.82. The van der Waals surface area contributed by atoms with Crippen LogP contribution in [0.15, 0.2) is 30.5 Å². The molecule has 0 bridgehead atoms. The van der Waals surface area contributed by atoms with E-state index in [1.165, 1.54) is 12.3 Å². The molecule has 23 heavy (non-hydrogen) atoms. The van der Waals surface area contributed by atoms with Gasteiger partial charge < -0.3 is 10.6 Å². The minimum Gasteiger partial charge on any atom is -0.384 e. The maximum Gasteiger partial charge on any atom is 0.259 e. The molecule has 0 spiro atoms. The molecule has 0 atom stereocenters. The van der Waals surface area contributed by atoms with Crippen molar-refractivity contribution in [1.29, 1.82) is 0 Å². The lowest BCUT2D eigenvalue weighted by Gasteiger charge is -2.10. The van der Waals surface area contributed by atoms with Gasteiger partial charge in [-0.3, -0.25) is 4.79 Å². The molecule has 1 aromatic carbocycles. The summed E-state index contributed by atoms with van der Waals surface area (Å²) >= 11 is 0. The monoisotopic (exact) mass is 323 g/mol. The molecule has 0 aliphatic heterocycles. The van der Waals surface area contributed by atoms with E-state index in [-0.39, 0.29) is 5.82 Å². The number of rotatable bonds is 5. The third-order valence-corrected chi connectivity index (χ3v) is 3.00. The number of carbonyl (C=O) groups excluding carboxylic acids is 1. The van der Waals surface area contributed by atoms with Gasteiger partial charge in [0, 0.05) is 6.54 Å². The molecule has 0 fully saturated rings. The molecule has 1 amide bonds.